The third kappa shape index (κ3) is 4.08. The average Bonchev–Trinajstić information content (AvgIpc) is 2.69. The molecule has 0 aromatic heterocycles. The van der Waals surface area contributed by atoms with Gasteiger partial charge in [-0.2, -0.15) is 0 Å². The number of ketones is 1. The number of benzene rings is 2. The zero-order valence-corrected chi connectivity index (χ0v) is 18.3. The number of hydrogen-bond acceptors (Lipinski definition) is 7. The highest BCUT2D eigenvalue weighted by atomic mass is 32.1. The van der Waals surface area contributed by atoms with Crippen LogP contribution in [-0.4, -0.2) is 52.8 Å². The van der Waals surface area contributed by atoms with Gasteiger partial charge in [-0.15, -0.1) is 0 Å². The quantitative estimate of drug-likeness (QED) is 0.338. The fraction of sp³-hybridized carbons (Fsp3) is 0.409. The lowest BCUT2D eigenvalue weighted by molar-refractivity contribution is -0.135. The van der Waals surface area contributed by atoms with E-state index in [0.717, 1.165) is 11.1 Å². The molecule has 2 aromatic rings. The molecule has 2 aromatic carbocycles. The van der Waals surface area contributed by atoms with Crippen LogP contribution in [0.25, 0.3) is 10.8 Å². The van der Waals surface area contributed by atoms with Crippen LogP contribution in [0.4, 0.5) is 5.69 Å². The minimum atomic E-state index is -1.47. The minimum Gasteiger partial charge on any atom is -0.383 e. The molecule has 2 amide bonds. The van der Waals surface area contributed by atoms with Gasteiger partial charge in [-0.3, -0.25) is 19.3 Å². The zero-order valence-electron chi connectivity index (χ0n) is 17.4. The Morgan fingerprint density at radius 2 is 1.80 bits per heavy atom. The lowest BCUT2D eigenvalue weighted by Gasteiger charge is -2.28. The Bertz CT molecular complexity index is 991. The molecule has 0 aliphatic carbocycles. The van der Waals surface area contributed by atoms with E-state index in [4.69, 9.17) is 5.73 Å². The van der Waals surface area contributed by atoms with E-state index in [-0.39, 0.29) is 18.4 Å². The van der Waals surface area contributed by atoms with Crippen LogP contribution in [0, 0.1) is 0 Å². The van der Waals surface area contributed by atoms with E-state index in [1.807, 2.05) is 12.1 Å². The van der Waals surface area contributed by atoms with Gasteiger partial charge in [-0.25, -0.2) is 0 Å². The molecule has 8 heteroatoms. The number of anilines is 1. The number of Topliss-reactive ketones (excluding diaryl/α,β-unsaturated/α-hetero) is 1. The standard InChI is InChI=1S/C22H27N3O4S/c1-22(2,29)19(26)16(23)9-4-5-12-25-20(27)14-8-6-7-13-17(24(3)30)11-10-15(18(13)14)21(25)28/h6-8,10-11,16,29-30H,4-5,9,12,23H2,1-3H3. The molecule has 160 valence electrons. The van der Waals surface area contributed by atoms with Crippen molar-refractivity contribution in [1.82, 2.24) is 4.90 Å². The summed E-state index contributed by atoms with van der Waals surface area (Å²) < 4.78 is 1.66. The molecule has 1 unspecified atom stereocenters. The van der Waals surface area contributed by atoms with E-state index < -0.39 is 17.4 Å². The second-order valence-electron chi connectivity index (χ2n) is 8.17. The first kappa shape index (κ1) is 22.3. The van der Waals surface area contributed by atoms with E-state index in [1.165, 1.54) is 18.7 Å². The van der Waals surface area contributed by atoms with Crippen molar-refractivity contribution in [2.24, 2.45) is 5.73 Å². The number of rotatable bonds is 8. The molecule has 3 rings (SSSR count). The molecule has 3 N–H and O–H groups in total. The fourth-order valence-corrected chi connectivity index (χ4v) is 4.01. The molecule has 0 bridgehead atoms. The third-order valence-corrected chi connectivity index (χ3v) is 5.62. The van der Waals surface area contributed by atoms with E-state index in [0.29, 0.717) is 35.8 Å². The average molecular weight is 430 g/mol. The predicted octanol–water partition coefficient (Wildman–Crippen LogP) is 2.55. The van der Waals surface area contributed by atoms with Crippen molar-refractivity contribution in [3.8, 4) is 0 Å². The molecule has 0 saturated carbocycles. The molecule has 7 nitrogen and oxygen atoms in total. The summed E-state index contributed by atoms with van der Waals surface area (Å²) in [5.41, 5.74) is 6.20. The molecule has 1 heterocycles. The van der Waals surface area contributed by atoms with Gasteiger partial charge in [0, 0.05) is 35.5 Å². The molecule has 0 fully saturated rings. The van der Waals surface area contributed by atoms with Gasteiger partial charge in [0.2, 0.25) is 0 Å². The highest BCUT2D eigenvalue weighted by Gasteiger charge is 2.33. The van der Waals surface area contributed by atoms with E-state index in [2.05, 4.69) is 12.8 Å². The number of unbranched alkanes of at least 4 members (excludes halogenated alkanes) is 1. The second-order valence-corrected chi connectivity index (χ2v) is 8.77. The molecule has 0 radical (unpaired) electrons. The van der Waals surface area contributed by atoms with Gasteiger partial charge < -0.3 is 15.1 Å². The number of carbonyl (C=O) groups excluding carboxylic acids is 3. The van der Waals surface area contributed by atoms with Crippen molar-refractivity contribution >= 4 is 46.9 Å². The number of nitrogens with zero attached hydrogens (tertiary/aromatic N) is 2. The number of hydrogen-bond donors (Lipinski definition) is 3. The first-order valence-corrected chi connectivity index (χ1v) is 10.3. The van der Waals surface area contributed by atoms with Crippen LogP contribution in [0.1, 0.15) is 53.8 Å². The molecular weight excluding hydrogens is 402 g/mol. The summed E-state index contributed by atoms with van der Waals surface area (Å²) >= 11 is 4.35. The first-order valence-electron chi connectivity index (χ1n) is 9.91. The Hall–Kier alpha value is -2.42. The molecule has 0 spiro atoms. The van der Waals surface area contributed by atoms with Gasteiger partial charge in [-0.1, -0.05) is 24.9 Å². The molecule has 1 aliphatic heterocycles. The van der Waals surface area contributed by atoms with Crippen LogP contribution in [-0.2, 0) is 4.79 Å². The largest absolute Gasteiger partial charge is 0.383 e. The van der Waals surface area contributed by atoms with Crippen LogP contribution in [0.5, 0.6) is 0 Å². The monoisotopic (exact) mass is 429 g/mol. The van der Waals surface area contributed by atoms with Crippen molar-refractivity contribution in [3.05, 3.63) is 41.5 Å². The number of amides is 2. The zero-order chi connectivity index (χ0) is 22.2. The predicted molar refractivity (Wildman–Crippen MR) is 120 cm³/mol. The van der Waals surface area contributed by atoms with E-state index in [1.54, 1.807) is 29.6 Å². The summed E-state index contributed by atoms with van der Waals surface area (Å²) in [7, 11) is 1.79. The highest BCUT2D eigenvalue weighted by Crippen LogP contribution is 2.36. The maximum Gasteiger partial charge on any atom is 0.261 e. The topological polar surface area (TPSA) is 104 Å². The van der Waals surface area contributed by atoms with E-state index in [9.17, 15) is 19.5 Å². The smallest absolute Gasteiger partial charge is 0.261 e. The Morgan fingerprint density at radius 3 is 2.40 bits per heavy atom. The molecule has 1 atom stereocenters. The van der Waals surface area contributed by atoms with Gasteiger partial charge in [0.05, 0.1) is 11.7 Å². The Labute approximate surface area is 181 Å². The summed E-state index contributed by atoms with van der Waals surface area (Å²) in [6.07, 6.45) is 1.45. The van der Waals surface area contributed by atoms with Crippen LogP contribution in [0.2, 0.25) is 0 Å². The van der Waals surface area contributed by atoms with Crippen LogP contribution in [0.15, 0.2) is 30.3 Å². The van der Waals surface area contributed by atoms with Crippen molar-refractivity contribution in [3.63, 3.8) is 0 Å². The fourth-order valence-electron chi connectivity index (χ4n) is 3.84. The van der Waals surface area contributed by atoms with Crippen molar-refractivity contribution in [2.75, 3.05) is 17.9 Å². The number of thiol groups is 1. The first-order chi connectivity index (χ1) is 14.0. The lowest BCUT2D eigenvalue weighted by Crippen LogP contribution is -2.44. The third-order valence-electron chi connectivity index (χ3n) is 5.40. The van der Waals surface area contributed by atoms with Crippen LogP contribution in [0.3, 0.4) is 0 Å². The molecule has 1 aliphatic rings. The normalized spacial score (nSPS) is 14.9. The SMILES string of the molecule is CN(S)c1ccc2c3c(cccc13)C(=O)N(CCCCC(N)C(=O)C(C)(C)O)C2=O. The van der Waals surface area contributed by atoms with E-state index >= 15 is 0 Å². The number of aliphatic hydroxyl groups is 1. The molecule has 30 heavy (non-hydrogen) atoms. The summed E-state index contributed by atoms with van der Waals surface area (Å²) in [6.45, 7) is 3.07. The number of imide groups is 1. The highest BCUT2D eigenvalue weighted by molar-refractivity contribution is 7.81. The Morgan fingerprint density at radius 1 is 1.17 bits per heavy atom. The van der Waals surface area contributed by atoms with Gasteiger partial charge in [0.1, 0.15) is 5.60 Å². The number of carbonyl (C=O) groups is 3. The van der Waals surface area contributed by atoms with Crippen molar-refractivity contribution in [2.45, 2.75) is 44.8 Å². The molecule has 0 saturated heterocycles. The summed E-state index contributed by atoms with van der Waals surface area (Å²) in [5.74, 6) is -1.07. The van der Waals surface area contributed by atoms with Gasteiger partial charge in [-0.05, 0) is 51.3 Å². The summed E-state index contributed by atoms with van der Waals surface area (Å²) in [5, 5.41) is 11.2. The summed E-state index contributed by atoms with van der Waals surface area (Å²) in [6, 6.07) is 8.18. The van der Waals surface area contributed by atoms with Crippen molar-refractivity contribution in [1.29, 1.82) is 0 Å². The van der Waals surface area contributed by atoms with Crippen molar-refractivity contribution < 1.29 is 19.5 Å². The Balaban J connectivity index is 1.75. The summed E-state index contributed by atoms with van der Waals surface area (Å²) in [4.78, 5) is 39.3. The second kappa shape index (κ2) is 8.37. The van der Waals surface area contributed by atoms with Gasteiger partial charge >= 0.3 is 0 Å². The molecular formula is C22H27N3O4S. The maximum absolute atomic E-state index is 13.0. The minimum absolute atomic E-state index is 0.241. The lowest BCUT2D eigenvalue weighted by atomic mass is 9.92. The van der Waals surface area contributed by atoms with Crippen LogP contribution >= 0.6 is 12.8 Å². The Kier molecular flexibility index (Phi) is 6.21. The number of nitrogens with two attached hydrogens (primary N) is 1. The van der Waals surface area contributed by atoms with Crippen LogP contribution < -0.4 is 10.0 Å². The van der Waals surface area contributed by atoms with Gasteiger partial charge in [0.15, 0.2) is 5.78 Å². The van der Waals surface area contributed by atoms with Gasteiger partial charge in [0.25, 0.3) is 11.8 Å². The maximum atomic E-state index is 13.0.